The largest absolute Gasteiger partial charge is 0.389 e. The maximum atomic E-state index is 13.0. The zero-order valence-corrected chi connectivity index (χ0v) is 13.9. The number of benzene rings is 1. The molecule has 2 amide bonds. The zero-order valence-electron chi connectivity index (χ0n) is 13.9. The fourth-order valence-corrected chi connectivity index (χ4v) is 3.26. The highest BCUT2D eigenvalue weighted by Crippen LogP contribution is 2.32. The smallest absolute Gasteiger partial charge is 0.382 e. The van der Waals surface area contributed by atoms with Gasteiger partial charge in [0.05, 0.1) is 6.61 Å². The van der Waals surface area contributed by atoms with Gasteiger partial charge < -0.3 is 15.4 Å². The summed E-state index contributed by atoms with van der Waals surface area (Å²) in [7, 11) is 1.41. The van der Waals surface area contributed by atoms with Crippen LogP contribution in [0.3, 0.4) is 0 Å². The zero-order chi connectivity index (χ0) is 18.7. The Labute approximate surface area is 143 Å². The van der Waals surface area contributed by atoms with E-state index in [0.29, 0.717) is 24.9 Å². The van der Waals surface area contributed by atoms with Crippen LogP contribution in [0.2, 0.25) is 0 Å². The molecule has 0 aromatic heterocycles. The molecule has 5 nitrogen and oxygen atoms in total. The lowest BCUT2D eigenvalue weighted by Crippen LogP contribution is -2.58. The molecule has 0 radical (unpaired) electrons. The van der Waals surface area contributed by atoms with E-state index in [0.717, 1.165) is 0 Å². The summed E-state index contributed by atoms with van der Waals surface area (Å²) in [5, 5.41) is 0. The Kier molecular flexibility index (Phi) is 5.72. The van der Waals surface area contributed by atoms with Gasteiger partial charge in [0.2, 0.25) is 5.91 Å². The van der Waals surface area contributed by atoms with Gasteiger partial charge in [-0.25, -0.2) is 0 Å². The monoisotopic (exact) mass is 358 g/mol. The number of nitrogens with two attached hydrogens (primary N) is 1. The number of likely N-dealkylation sites (tertiary alicyclic amines) is 1. The standard InChI is InChI=1S/C17H21F3N2O3/c1-25-11-16(15(21)24)8-4-10-22(16)14(23)13-6-3-2-5-12(13)7-9-17(18,19)20/h2-3,5-6H,4,7-11H2,1H3,(H2,21,24). The number of amides is 2. The van der Waals surface area contributed by atoms with Crippen LogP contribution in [-0.2, 0) is 16.0 Å². The summed E-state index contributed by atoms with van der Waals surface area (Å²) in [6.45, 7) is 0.261. The van der Waals surface area contributed by atoms with E-state index in [2.05, 4.69) is 0 Å². The van der Waals surface area contributed by atoms with Crippen LogP contribution < -0.4 is 5.73 Å². The second-order valence-electron chi connectivity index (χ2n) is 6.16. The average Bonchev–Trinajstić information content (AvgIpc) is 2.97. The van der Waals surface area contributed by atoms with Gasteiger partial charge in [-0.2, -0.15) is 13.2 Å². The third-order valence-corrected chi connectivity index (χ3v) is 4.50. The SMILES string of the molecule is COCC1(C(N)=O)CCCN1C(=O)c1ccccc1CCC(F)(F)F. The third kappa shape index (κ3) is 4.12. The number of carbonyl (C=O) groups excluding carboxylic acids is 2. The van der Waals surface area contributed by atoms with E-state index < -0.39 is 30.0 Å². The first-order chi connectivity index (χ1) is 11.7. The highest BCUT2D eigenvalue weighted by Gasteiger charge is 2.49. The molecule has 1 aliphatic heterocycles. The van der Waals surface area contributed by atoms with Crippen LogP contribution in [0.5, 0.6) is 0 Å². The van der Waals surface area contributed by atoms with Gasteiger partial charge in [-0.3, -0.25) is 9.59 Å². The number of methoxy groups -OCH3 is 1. The second kappa shape index (κ2) is 7.43. The van der Waals surface area contributed by atoms with Gasteiger partial charge in [-0.15, -0.1) is 0 Å². The van der Waals surface area contributed by atoms with E-state index in [1.54, 1.807) is 12.1 Å². The van der Waals surface area contributed by atoms with Gasteiger partial charge in [0.1, 0.15) is 5.54 Å². The van der Waals surface area contributed by atoms with Crippen molar-refractivity contribution in [2.75, 3.05) is 20.3 Å². The van der Waals surface area contributed by atoms with Crippen LogP contribution in [0.1, 0.15) is 35.2 Å². The Bertz CT molecular complexity index is 648. The van der Waals surface area contributed by atoms with Crippen LogP contribution >= 0.6 is 0 Å². The van der Waals surface area contributed by atoms with Gasteiger partial charge in [0, 0.05) is 25.6 Å². The van der Waals surface area contributed by atoms with Crippen molar-refractivity contribution < 1.29 is 27.5 Å². The normalized spacial score (nSPS) is 20.7. The number of alkyl halides is 3. The molecule has 0 bridgehead atoms. The fraction of sp³-hybridized carbons (Fsp3) is 0.529. The Morgan fingerprint density at radius 2 is 2.00 bits per heavy atom. The van der Waals surface area contributed by atoms with Crippen molar-refractivity contribution in [1.82, 2.24) is 4.90 Å². The Morgan fingerprint density at radius 3 is 2.60 bits per heavy atom. The lowest BCUT2D eigenvalue weighted by molar-refractivity contribution is -0.134. The molecule has 2 rings (SSSR count). The number of hydrogen-bond donors (Lipinski definition) is 1. The molecule has 8 heteroatoms. The Hall–Kier alpha value is -2.09. The molecule has 1 fully saturated rings. The molecule has 1 saturated heterocycles. The first kappa shape index (κ1) is 19.2. The van der Waals surface area contributed by atoms with Crippen LogP contribution in [-0.4, -0.2) is 48.7 Å². The van der Waals surface area contributed by atoms with Crippen molar-refractivity contribution in [1.29, 1.82) is 0 Å². The quantitative estimate of drug-likeness (QED) is 0.848. The summed E-state index contributed by atoms with van der Waals surface area (Å²) in [4.78, 5) is 26.3. The second-order valence-corrected chi connectivity index (χ2v) is 6.16. The fourth-order valence-electron chi connectivity index (χ4n) is 3.26. The van der Waals surface area contributed by atoms with Gasteiger partial charge >= 0.3 is 6.18 Å². The lowest BCUT2D eigenvalue weighted by Gasteiger charge is -2.35. The van der Waals surface area contributed by atoms with Crippen molar-refractivity contribution in [2.24, 2.45) is 5.73 Å². The summed E-state index contributed by atoms with van der Waals surface area (Å²) >= 11 is 0. The molecule has 25 heavy (non-hydrogen) atoms. The number of ether oxygens (including phenoxy) is 1. The molecule has 0 saturated carbocycles. The summed E-state index contributed by atoms with van der Waals surface area (Å²) in [5.74, 6) is -1.17. The molecular weight excluding hydrogens is 337 g/mol. The third-order valence-electron chi connectivity index (χ3n) is 4.50. The summed E-state index contributed by atoms with van der Waals surface area (Å²) in [6.07, 6.45) is -4.68. The van der Waals surface area contributed by atoms with Crippen molar-refractivity contribution >= 4 is 11.8 Å². The molecular formula is C17H21F3N2O3. The van der Waals surface area contributed by atoms with Crippen LogP contribution in [0, 0.1) is 0 Å². The summed E-state index contributed by atoms with van der Waals surface area (Å²) in [6, 6.07) is 6.15. The maximum Gasteiger partial charge on any atom is 0.389 e. The van der Waals surface area contributed by atoms with E-state index in [-0.39, 0.29) is 18.6 Å². The van der Waals surface area contributed by atoms with Crippen LogP contribution in [0.25, 0.3) is 0 Å². The minimum absolute atomic E-state index is 0.0429. The van der Waals surface area contributed by atoms with Gasteiger partial charge in [-0.1, -0.05) is 18.2 Å². The van der Waals surface area contributed by atoms with E-state index >= 15 is 0 Å². The average molecular weight is 358 g/mol. The van der Waals surface area contributed by atoms with Gasteiger partial charge in [0.25, 0.3) is 5.91 Å². The van der Waals surface area contributed by atoms with E-state index in [1.165, 1.54) is 24.1 Å². The summed E-state index contributed by atoms with van der Waals surface area (Å²) < 4.78 is 42.7. The van der Waals surface area contributed by atoms with E-state index in [9.17, 15) is 22.8 Å². The van der Waals surface area contributed by atoms with Crippen molar-refractivity contribution in [2.45, 2.75) is 37.4 Å². The van der Waals surface area contributed by atoms with Crippen molar-refractivity contribution in [3.05, 3.63) is 35.4 Å². The number of hydrogen-bond acceptors (Lipinski definition) is 3. The molecule has 1 aromatic carbocycles. The number of nitrogens with zero attached hydrogens (tertiary/aromatic N) is 1. The molecule has 1 unspecified atom stereocenters. The van der Waals surface area contributed by atoms with Crippen molar-refractivity contribution in [3.63, 3.8) is 0 Å². The molecule has 1 aromatic rings. The topological polar surface area (TPSA) is 72.6 Å². The molecule has 1 aliphatic rings. The lowest BCUT2D eigenvalue weighted by atomic mass is 9.94. The first-order valence-corrected chi connectivity index (χ1v) is 7.97. The highest BCUT2D eigenvalue weighted by atomic mass is 19.4. The predicted molar refractivity (Wildman–Crippen MR) is 84.9 cm³/mol. The number of rotatable bonds is 6. The molecule has 2 N–H and O–H groups in total. The highest BCUT2D eigenvalue weighted by molar-refractivity contribution is 6.00. The minimum Gasteiger partial charge on any atom is -0.382 e. The predicted octanol–water partition coefficient (Wildman–Crippen LogP) is 2.29. The number of aryl methyl sites for hydroxylation is 1. The summed E-state index contributed by atoms with van der Waals surface area (Å²) in [5.41, 5.74) is 4.72. The van der Waals surface area contributed by atoms with E-state index in [1.807, 2.05) is 0 Å². The Balaban J connectivity index is 2.32. The number of primary amides is 1. The molecule has 1 heterocycles. The van der Waals surface area contributed by atoms with Crippen LogP contribution in [0.4, 0.5) is 13.2 Å². The maximum absolute atomic E-state index is 13.0. The van der Waals surface area contributed by atoms with E-state index in [4.69, 9.17) is 10.5 Å². The molecule has 0 aliphatic carbocycles. The first-order valence-electron chi connectivity index (χ1n) is 7.97. The molecule has 0 spiro atoms. The Morgan fingerprint density at radius 1 is 1.32 bits per heavy atom. The number of carbonyl (C=O) groups is 2. The van der Waals surface area contributed by atoms with Gasteiger partial charge in [0.15, 0.2) is 0 Å². The van der Waals surface area contributed by atoms with Crippen LogP contribution in [0.15, 0.2) is 24.3 Å². The number of halogens is 3. The molecule has 1 atom stereocenters. The minimum atomic E-state index is -4.31. The molecule has 138 valence electrons. The van der Waals surface area contributed by atoms with Crippen molar-refractivity contribution in [3.8, 4) is 0 Å². The van der Waals surface area contributed by atoms with Gasteiger partial charge in [-0.05, 0) is 30.9 Å².